The van der Waals surface area contributed by atoms with Crippen molar-refractivity contribution >= 4 is 11.8 Å². The normalized spacial score (nSPS) is 11.2. The summed E-state index contributed by atoms with van der Waals surface area (Å²) < 4.78 is 0. The summed E-state index contributed by atoms with van der Waals surface area (Å²) in [5, 5.41) is 2.85. The quantitative estimate of drug-likeness (QED) is 0.677. The second kappa shape index (κ2) is 8.08. The second-order valence-corrected chi connectivity index (χ2v) is 5.06. The highest BCUT2D eigenvalue weighted by Gasteiger charge is 2.18. The first-order chi connectivity index (χ1) is 8.36. The molecule has 0 aromatic heterocycles. The van der Waals surface area contributed by atoms with Crippen LogP contribution in [0.15, 0.2) is 0 Å². The van der Waals surface area contributed by atoms with E-state index in [9.17, 15) is 9.59 Å². The number of nitrogens with two attached hydrogens (primary N) is 1. The zero-order chi connectivity index (χ0) is 14.2. The summed E-state index contributed by atoms with van der Waals surface area (Å²) in [6.07, 6.45) is 1.39. The Morgan fingerprint density at radius 2 is 1.72 bits per heavy atom. The van der Waals surface area contributed by atoms with Gasteiger partial charge in [-0.3, -0.25) is 9.59 Å². The van der Waals surface area contributed by atoms with Crippen LogP contribution < -0.4 is 11.1 Å². The highest BCUT2D eigenvalue weighted by molar-refractivity contribution is 5.79. The van der Waals surface area contributed by atoms with Gasteiger partial charge in [-0.1, -0.05) is 0 Å². The van der Waals surface area contributed by atoms with Crippen LogP contribution in [0.4, 0.5) is 0 Å². The Bertz CT molecular complexity index is 273. The lowest BCUT2D eigenvalue weighted by Crippen LogP contribution is -2.48. The summed E-state index contributed by atoms with van der Waals surface area (Å²) in [5.41, 5.74) is 5.16. The number of carbonyl (C=O) groups is 2. The fraction of sp³-hybridized carbons (Fsp3) is 0.846. The van der Waals surface area contributed by atoms with Gasteiger partial charge in [0.1, 0.15) is 0 Å². The van der Waals surface area contributed by atoms with Gasteiger partial charge in [-0.15, -0.1) is 0 Å². The molecule has 106 valence electrons. The van der Waals surface area contributed by atoms with Crippen molar-refractivity contribution in [3.63, 3.8) is 0 Å². The lowest BCUT2D eigenvalue weighted by molar-refractivity contribution is -0.131. The predicted molar refractivity (Wildman–Crippen MR) is 73.1 cm³/mol. The third kappa shape index (κ3) is 6.59. The maximum atomic E-state index is 11.7. The average molecular weight is 257 g/mol. The van der Waals surface area contributed by atoms with Crippen LogP contribution in [0, 0.1) is 0 Å². The van der Waals surface area contributed by atoms with Gasteiger partial charge >= 0.3 is 0 Å². The fourth-order valence-corrected chi connectivity index (χ4v) is 1.63. The molecule has 0 spiro atoms. The Morgan fingerprint density at radius 1 is 1.17 bits per heavy atom. The lowest BCUT2D eigenvalue weighted by atomic mass is 10.1. The maximum Gasteiger partial charge on any atom is 0.222 e. The molecule has 0 rings (SSSR count). The third-order valence-corrected chi connectivity index (χ3v) is 2.90. The number of rotatable bonds is 8. The number of carbonyl (C=O) groups excluding carboxylic acids is 2. The molecule has 0 heterocycles. The van der Waals surface area contributed by atoms with Crippen molar-refractivity contribution in [3.8, 4) is 0 Å². The Labute approximate surface area is 110 Å². The van der Waals surface area contributed by atoms with E-state index < -0.39 is 0 Å². The largest absolute Gasteiger partial charge is 0.350 e. The third-order valence-electron chi connectivity index (χ3n) is 2.90. The van der Waals surface area contributed by atoms with Crippen LogP contribution in [0.2, 0.25) is 0 Å². The van der Waals surface area contributed by atoms with Gasteiger partial charge in [0.15, 0.2) is 0 Å². The Balaban J connectivity index is 3.91. The van der Waals surface area contributed by atoms with E-state index in [1.54, 1.807) is 4.90 Å². The van der Waals surface area contributed by atoms with Crippen LogP contribution >= 0.6 is 0 Å². The van der Waals surface area contributed by atoms with Crippen molar-refractivity contribution in [1.29, 1.82) is 0 Å². The number of hydrogen-bond acceptors (Lipinski definition) is 3. The monoisotopic (exact) mass is 257 g/mol. The van der Waals surface area contributed by atoms with E-state index in [0.717, 1.165) is 13.1 Å². The molecule has 0 bridgehead atoms. The molecule has 5 heteroatoms. The van der Waals surface area contributed by atoms with Crippen LogP contribution in [0.5, 0.6) is 0 Å². The molecule has 0 saturated carbocycles. The van der Waals surface area contributed by atoms with Gasteiger partial charge in [-0.2, -0.15) is 0 Å². The van der Waals surface area contributed by atoms with Crippen molar-refractivity contribution in [2.75, 3.05) is 19.6 Å². The highest BCUT2D eigenvalue weighted by atomic mass is 16.2. The number of nitrogens with zero attached hydrogens (tertiary/aromatic N) is 1. The summed E-state index contributed by atoms with van der Waals surface area (Å²) in [6.45, 7) is 9.52. The highest BCUT2D eigenvalue weighted by Crippen LogP contribution is 2.04. The van der Waals surface area contributed by atoms with Crippen molar-refractivity contribution in [1.82, 2.24) is 10.2 Å². The number of amides is 2. The van der Waals surface area contributed by atoms with Gasteiger partial charge in [-0.05, 0) is 34.1 Å². The standard InChI is InChI=1S/C13H27N3O2/c1-5-16(6-2)12(18)9-7-8-11(17)15-13(3,4)10-14/h5-10,14H2,1-4H3,(H,15,17). The molecule has 0 aromatic carbocycles. The molecule has 0 unspecified atom stereocenters. The van der Waals surface area contributed by atoms with Crippen LogP contribution in [0.3, 0.4) is 0 Å². The van der Waals surface area contributed by atoms with E-state index >= 15 is 0 Å². The van der Waals surface area contributed by atoms with E-state index in [4.69, 9.17) is 5.73 Å². The summed E-state index contributed by atoms with van der Waals surface area (Å²) in [5.74, 6) is 0.0729. The van der Waals surface area contributed by atoms with Gasteiger partial charge in [0.2, 0.25) is 11.8 Å². The van der Waals surface area contributed by atoms with Gasteiger partial charge < -0.3 is 16.0 Å². The van der Waals surface area contributed by atoms with Gasteiger partial charge in [0.05, 0.1) is 0 Å². The minimum atomic E-state index is -0.375. The zero-order valence-corrected chi connectivity index (χ0v) is 12.1. The SMILES string of the molecule is CCN(CC)C(=O)CCCC(=O)NC(C)(C)CN. The van der Waals surface area contributed by atoms with Crippen LogP contribution in [0.1, 0.15) is 47.0 Å². The summed E-state index contributed by atoms with van der Waals surface area (Å²) >= 11 is 0. The fourth-order valence-electron chi connectivity index (χ4n) is 1.63. The maximum absolute atomic E-state index is 11.7. The molecule has 0 saturated heterocycles. The summed E-state index contributed by atoms with van der Waals surface area (Å²) in [4.78, 5) is 25.1. The number of nitrogens with one attached hydrogen (secondary N) is 1. The van der Waals surface area contributed by atoms with Crippen LogP contribution in [0.25, 0.3) is 0 Å². The predicted octanol–water partition coefficient (Wildman–Crippen LogP) is 0.879. The van der Waals surface area contributed by atoms with Crippen LogP contribution in [-0.2, 0) is 9.59 Å². The van der Waals surface area contributed by atoms with Gasteiger partial charge in [0.25, 0.3) is 0 Å². The topological polar surface area (TPSA) is 75.4 Å². The zero-order valence-electron chi connectivity index (χ0n) is 12.1. The lowest BCUT2D eigenvalue weighted by Gasteiger charge is -2.24. The van der Waals surface area contributed by atoms with Gasteiger partial charge in [0, 0.05) is 38.0 Å². The van der Waals surface area contributed by atoms with Crippen molar-refractivity contribution in [3.05, 3.63) is 0 Å². The minimum Gasteiger partial charge on any atom is -0.350 e. The van der Waals surface area contributed by atoms with E-state index in [1.165, 1.54) is 0 Å². The first kappa shape index (κ1) is 16.9. The molecular formula is C13H27N3O2. The van der Waals surface area contributed by atoms with Gasteiger partial charge in [-0.25, -0.2) is 0 Å². The molecular weight excluding hydrogens is 230 g/mol. The minimum absolute atomic E-state index is 0.0437. The second-order valence-electron chi connectivity index (χ2n) is 5.06. The Kier molecular flexibility index (Phi) is 7.59. The van der Waals surface area contributed by atoms with E-state index in [1.807, 2.05) is 27.7 Å². The summed E-state index contributed by atoms with van der Waals surface area (Å²) in [7, 11) is 0. The Morgan fingerprint density at radius 3 is 2.17 bits per heavy atom. The molecule has 0 aliphatic heterocycles. The molecule has 18 heavy (non-hydrogen) atoms. The van der Waals surface area contributed by atoms with Crippen molar-refractivity contribution in [2.24, 2.45) is 5.73 Å². The van der Waals surface area contributed by atoms with Crippen LogP contribution in [-0.4, -0.2) is 41.9 Å². The smallest absolute Gasteiger partial charge is 0.222 e. The first-order valence-corrected chi connectivity index (χ1v) is 6.65. The first-order valence-electron chi connectivity index (χ1n) is 6.65. The van der Waals surface area contributed by atoms with E-state index in [0.29, 0.717) is 25.8 Å². The molecule has 5 nitrogen and oxygen atoms in total. The molecule has 0 aromatic rings. The molecule has 0 radical (unpaired) electrons. The molecule has 0 aliphatic rings. The molecule has 0 fully saturated rings. The number of hydrogen-bond donors (Lipinski definition) is 2. The molecule has 0 atom stereocenters. The van der Waals surface area contributed by atoms with E-state index in [2.05, 4.69) is 5.32 Å². The van der Waals surface area contributed by atoms with E-state index in [-0.39, 0.29) is 17.4 Å². The molecule has 2 amide bonds. The van der Waals surface area contributed by atoms with Crippen molar-refractivity contribution < 1.29 is 9.59 Å². The van der Waals surface area contributed by atoms with Crippen molar-refractivity contribution in [2.45, 2.75) is 52.5 Å². The molecule has 0 aliphatic carbocycles. The summed E-state index contributed by atoms with van der Waals surface area (Å²) in [6, 6.07) is 0. The Hall–Kier alpha value is -1.10. The average Bonchev–Trinajstić information content (AvgIpc) is 2.30. The molecule has 3 N–H and O–H groups in total.